The number of hydrogen-bond acceptors (Lipinski definition) is 2. The van der Waals surface area contributed by atoms with Crippen LogP contribution in [0.4, 0.5) is 0 Å². The Labute approximate surface area is 115 Å². The third-order valence-corrected chi connectivity index (χ3v) is 3.57. The van der Waals surface area contributed by atoms with Crippen molar-refractivity contribution in [1.29, 1.82) is 0 Å². The van der Waals surface area contributed by atoms with Crippen molar-refractivity contribution in [2.75, 3.05) is 0 Å². The fourth-order valence-electron chi connectivity index (χ4n) is 2.44. The van der Waals surface area contributed by atoms with Gasteiger partial charge in [0.05, 0.1) is 6.54 Å². The molecule has 0 radical (unpaired) electrons. The summed E-state index contributed by atoms with van der Waals surface area (Å²) in [6.07, 6.45) is 0. The monoisotopic (exact) mass is 267 g/mol. The van der Waals surface area contributed by atoms with E-state index in [1.165, 1.54) is 11.1 Å². The van der Waals surface area contributed by atoms with Crippen molar-refractivity contribution < 1.29 is 0 Å². The van der Waals surface area contributed by atoms with E-state index in [0.29, 0.717) is 5.02 Å². The zero-order valence-corrected chi connectivity index (χ0v) is 10.8. The highest BCUT2D eigenvalue weighted by molar-refractivity contribution is 6.30. The molecule has 1 aromatic heterocycles. The van der Waals surface area contributed by atoms with Gasteiger partial charge in [-0.3, -0.25) is 0 Å². The summed E-state index contributed by atoms with van der Waals surface area (Å²) in [7, 11) is 0. The first-order chi connectivity index (χ1) is 9.31. The molecular formula is C15H10ClN3. The lowest BCUT2D eigenvalue weighted by molar-refractivity contribution is 0.722. The van der Waals surface area contributed by atoms with Crippen LogP contribution < -0.4 is 0 Å². The summed E-state index contributed by atoms with van der Waals surface area (Å²) >= 11 is 6.01. The summed E-state index contributed by atoms with van der Waals surface area (Å²) in [5.41, 5.74) is 3.39. The molecule has 1 aliphatic rings. The lowest BCUT2D eigenvalue weighted by atomic mass is 10.1. The van der Waals surface area contributed by atoms with Gasteiger partial charge in [-0.1, -0.05) is 48.0 Å². The van der Waals surface area contributed by atoms with Gasteiger partial charge in [0.1, 0.15) is 0 Å². The first-order valence-electron chi connectivity index (χ1n) is 6.10. The molecule has 0 saturated carbocycles. The molecule has 1 aliphatic heterocycles. The highest BCUT2D eigenvalue weighted by Crippen LogP contribution is 2.31. The number of nitrogens with zero attached hydrogens (tertiary/aromatic N) is 3. The van der Waals surface area contributed by atoms with E-state index in [0.717, 1.165) is 23.8 Å². The maximum Gasteiger partial charge on any atom is 0.181 e. The van der Waals surface area contributed by atoms with Crippen LogP contribution >= 0.6 is 11.6 Å². The van der Waals surface area contributed by atoms with Crippen LogP contribution in [-0.4, -0.2) is 14.8 Å². The topological polar surface area (TPSA) is 30.7 Å². The second-order valence-corrected chi connectivity index (χ2v) is 5.02. The molecule has 0 unspecified atom stereocenters. The molecule has 0 saturated heterocycles. The van der Waals surface area contributed by atoms with Crippen molar-refractivity contribution in [3.05, 3.63) is 59.1 Å². The lowest BCUT2D eigenvalue weighted by Crippen LogP contribution is -1.95. The zero-order chi connectivity index (χ0) is 12.8. The zero-order valence-electron chi connectivity index (χ0n) is 10.0. The fraction of sp³-hybridized carbons (Fsp3) is 0.0667. The van der Waals surface area contributed by atoms with Crippen LogP contribution in [0.3, 0.4) is 0 Å². The van der Waals surface area contributed by atoms with E-state index in [1.807, 2.05) is 41.1 Å². The minimum absolute atomic E-state index is 0.702. The number of fused-ring (bicyclic) bond motifs is 3. The molecule has 2 heterocycles. The summed E-state index contributed by atoms with van der Waals surface area (Å²) in [5.74, 6) is 1.66. The number of halogens is 1. The number of rotatable bonds is 1. The van der Waals surface area contributed by atoms with E-state index in [4.69, 9.17) is 11.6 Å². The van der Waals surface area contributed by atoms with Crippen LogP contribution in [0.25, 0.3) is 22.8 Å². The Morgan fingerprint density at radius 1 is 1.05 bits per heavy atom. The quantitative estimate of drug-likeness (QED) is 0.527. The molecule has 0 bridgehead atoms. The normalized spacial score (nSPS) is 12.3. The molecule has 0 spiro atoms. The van der Waals surface area contributed by atoms with Crippen molar-refractivity contribution >= 4 is 11.6 Å². The number of hydrogen-bond donors (Lipinski definition) is 0. The smallest absolute Gasteiger partial charge is 0.181 e. The maximum absolute atomic E-state index is 6.01. The Morgan fingerprint density at radius 3 is 2.84 bits per heavy atom. The minimum atomic E-state index is 0.702. The van der Waals surface area contributed by atoms with Gasteiger partial charge in [-0.05, 0) is 17.7 Å². The lowest BCUT2D eigenvalue weighted by Gasteiger charge is -1.98. The Balaban J connectivity index is 1.85. The standard InChI is InChI=1S/C15H10ClN3/c16-12-6-3-5-10(8-12)14-17-15-13-7-2-1-4-11(13)9-19(15)18-14/h1-8H,9H2. The number of aromatic nitrogens is 3. The molecule has 0 fully saturated rings. The average molecular weight is 268 g/mol. The van der Waals surface area contributed by atoms with Crippen molar-refractivity contribution in [2.24, 2.45) is 0 Å². The first kappa shape index (κ1) is 10.8. The fourth-order valence-corrected chi connectivity index (χ4v) is 2.63. The van der Waals surface area contributed by atoms with Gasteiger partial charge in [-0.2, -0.15) is 5.10 Å². The van der Waals surface area contributed by atoms with Crippen molar-refractivity contribution in [2.45, 2.75) is 6.54 Å². The largest absolute Gasteiger partial charge is 0.241 e. The molecule has 0 N–H and O–H groups in total. The minimum Gasteiger partial charge on any atom is -0.241 e. The molecule has 3 aromatic rings. The van der Waals surface area contributed by atoms with Gasteiger partial charge in [-0.25, -0.2) is 9.67 Å². The van der Waals surface area contributed by atoms with Gasteiger partial charge < -0.3 is 0 Å². The Hall–Kier alpha value is -2.13. The molecule has 0 atom stereocenters. The molecule has 4 rings (SSSR count). The second kappa shape index (κ2) is 3.93. The molecular weight excluding hydrogens is 258 g/mol. The van der Waals surface area contributed by atoms with Crippen molar-refractivity contribution in [1.82, 2.24) is 14.8 Å². The predicted octanol–water partition coefficient (Wildman–Crippen LogP) is 3.63. The van der Waals surface area contributed by atoms with Crippen LogP contribution in [0, 0.1) is 0 Å². The van der Waals surface area contributed by atoms with Gasteiger partial charge in [0.2, 0.25) is 0 Å². The van der Waals surface area contributed by atoms with E-state index in [9.17, 15) is 0 Å². The van der Waals surface area contributed by atoms with Crippen molar-refractivity contribution in [3.63, 3.8) is 0 Å². The van der Waals surface area contributed by atoms with Crippen LogP contribution in [-0.2, 0) is 6.54 Å². The predicted molar refractivity (Wildman–Crippen MR) is 75.0 cm³/mol. The first-order valence-corrected chi connectivity index (χ1v) is 6.48. The molecule has 19 heavy (non-hydrogen) atoms. The van der Waals surface area contributed by atoms with Crippen LogP contribution in [0.2, 0.25) is 5.02 Å². The van der Waals surface area contributed by atoms with E-state index in [2.05, 4.69) is 22.2 Å². The van der Waals surface area contributed by atoms with E-state index in [-0.39, 0.29) is 0 Å². The van der Waals surface area contributed by atoms with Crippen molar-refractivity contribution in [3.8, 4) is 22.8 Å². The van der Waals surface area contributed by atoms with Gasteiger partial charge >= 0.3 is 0 Å². The van der Waals surface area contributed by atoms with E-state index < -0.39 is 0 Å². The van der Waals surface area contributed by atoms with Crippen LogP contribution in [0.15, 0.2) is 48.5 Å². The highest BCUT2D eigenvalue weighted by atomic mass is 35.5. The third-order valence-electron chi connectivity index (χ3n) is 3.33. The van der Waals surface area contributed by atoms with E-state index >= 15 is 0 Å². The van der Waals surface area contributed by atoms with Gasteiger partial charge in [0, 0.05) is 16.1 Å². The Kier molecular flexibility index (Phi) is 2.23. The summed E-state index contributed by atoms with van der Waals surface area (Å²) in [6, 6.07) is 15.9. The summed E-state index contributed by atoms with van der Waals surface area (Å²) < 4.78 is 1.95. The van der Waals surface area contributed by atoms with Gasteiger partial charge in [0.25, 0.3) is 0 Å². The van der Waals surface area contributed by atoms with Gasteiger partial charge in [-0.15, -0.1) is 0 Å². The SMILES string of the molecule is Clc1cccc(-c2nc3n(n2)Cc2ccccc2-3)c1. The van der Waals surface area contributed by atoms with Gasteiger partial charge in [0.15, 0.2) is 11.6 Å². The number of benzene rings is 2. The average Bonchev–Trinajstić information content (AvgIpc) is 2.96. The third kappa shape index (κ3) is 1.66. The summed E-state index contributed by atoms with van der Waals surface area (Å²) in [5, 5.41) is 5.27. The molecule has 4 heteroatoms. The second-order valence-electron chi connectivity index (χ2n) is 4.58. The molecule has 0 aliphatic carbocycles. The van der Waals surface area contributed by atoms with Crippen LogP contribution in [0.5, 0.6) is 0 Å². The Morgan fingerprint density at radius 2 is 1.95 bits per heavy atom. The summed E-state index contributed by atoms with van der Waals surface area (Å²) in [6.45, 7) is 0.791. The van der Waals surface area contributed by atoms with Crippen LogP contribution in [0.1, 0.15) is 5.56 Å². The Bertz CT molecular complexity index is 777. The highest BCUT2D eigenvalue weighted by Gasteiger charge is 2.22. The summed E-state index contributed by atoms with van der Waals surface area (Å²) in [4.78, 5) is 4.64. The molecule has 2 aromatic carbocycles. The molecule has 3 nitrogen and oxygen atoms in total. The molecule has 92 valence electrons. The van der Waals surface area contributed by atoms with E-state index in [1.54, 1.807) is 0 Å². The maximum atomic E-state index is 6.01. The molecule has 0 amide bonds.